The van der Waals surface area contributed by atoms with Gasteiger partial charge in [-0.2, -0.15) is 0 Å². The average Bonchev–Trinajstić information content (AvgIpc) is 2.65. The fourth-order valence-corrected chi connectivity index (χ4v) is 2.45. The van der Waals surface area contributed by atoms with Crippen molar-refractivity contribution in [3.63, 3.8) is 0 Å². The van der Waals surface area contributed by atoms with Crippen molar-refractivity contribution in [2.75, 3.05) is 6.61 Å². The molecule has 2 rings (SSSR count). The molecule has 1 N–H and O–H groups in total. The van der Waals surface area contributed by atoms with Gasteiger partial charge in [-0.1, -0.05) is 37.3 Å². The van der Waals surface area contributed by atoms with E-state index in [2.05, 4.69) is 37.5 Å². The van der Waals surface area contributed by atoms with Crippen LogP contribution in [0.2, 0.25) is 0 Å². The maximum absolute atomic E-state index is 12.5. The molecule has 1 amide bonds. The van der Waals surface area contributed by atoms with Crippen molar-refractivity contribution in [2.24, 2.45) is 0 Å². The molecule has 1 atom stereocenters. The highest BCUT2D eigenvalue weighted by Crippen LogP contribution is 2.32. The Morgan fingerprint density at radius 1 is 1.16 bits per heavy atom. The van der Waals surface area contributed by atoms with Gasteiger partial charge in [0, 0.05) is 11.6 Å². The van der Waals surface area contributed by atoms with Crippen LogP contribution >= 0.6 is 0 Å². The lowest BCUT2D eigenvalue weighted by molar-refractivity contribution is 0.0939. The SMILES string of the molecule is C=C.CCOc1cc(C(=O)NC(C)CC)cc(-c2ccccc2)c1C. The molecule has 3 nitrogen and oxygen atoms in total. The summed E-state index contributed by atoms with van der Waals surface area (Å²) < 4.78 is 5.74. The molecule has 0 saturated heterocycles. The minimum Gasteiger partial charge on any atom is -0.494 e. The van der Waals surface area contributed by atoms with Crippen molar-refractivity contribution in [1.29, 1.82) is 0 Å². The first kappa shape index (κ1) is 20.5. The van der Waals surface area contributed by atoms with Gasteiger partial charge in [-0.3, -0.25) is 4.79 Å². The van der Waals surface area contributed by atoms with Crippen molar-refractivity contribution in [3.05, 3.63) is 66.7 Å². The summed E-state index contributed by atoms with van der Waals surface area (Å²) >= 11 is 0. The standard InChI is InChI=1S/C20H25NO2.C2H4/c1-5-14(3)21-20(22)17-12-18(16-10-8-7-9-11-16)15(4)19(13-17)23-6-2;1-2/h7-14H,5-6H2,1-4H3,(H,21,22);1-2H2. The lowest BCUT2D eigenvalue weighted by Gasteiger charge is -2.16. The molecule has 0 heterocycles. The van der Waals surface area contributed by atoms with Crippen LogP contribution in [0, 0.1) is 6.92 Å². The van der Waals surface area contributed by atoms with Crippen LogP contribution in [0.1, 0.15) is 43.1 Å². The molecule has 0 aliphatic rings. The Hall–Kier alpha value is -2.55. The van der Waals surface area contributed by atoms with E-state index in [4.69, 9.17) is 4.74 Å². The maximum Gasteiger partial charge on any atom is 0.251 e. The molecule has 0 fully saturated rings. The summed E-state index contributed by atoms with van der Waals surface area (Å²) in [4.78, 5) is 12.5. The van der Waals surface area contributed by atoms with E-state index in [9.17, 15) is 4.79 Å². The second-order valence-electron chi connectivity index (χ2n) is 5.73. The first-order valence-corrected chi connectivity index (χ1v) is 8.70. The van der Waals surface area contributed by atoms with Crippen LogP contribution in [-0.2, 0) is 0 Å². The highest BCUT2D eigenvalue weighted by molar-refractivity contribution is 5.96. The highest BCUT2D eigenvalue weighted by atomic mass is 16.5. The lowest BCUT2D eigenvalue weighted by atomic mass is 9.96. The molecule has 0 radical (unpaired) electrons. The number of hydrogen-bond donors (Lipinski definition) is 1. The number of rotatable bonds is 6. The smallest absolute Gasteiger partial charge is 0.251 e. The molecule has 0 saturated carbocycles. The molecule has 0 aromatic heterocycles. The molecule has 2 aromatic rings. The Morgan fingerprint density at radius 3 is 2.36 bits per heavy atom. The average molecular weight is 339 g/mol. The lowest BCUT2D eigenvalue weighted by Crippen LogP contribution is -2.32. The predicted octanol–water partition coefficient (Wildman–Crippen LogP) is 5.39. The summed E-state index contributed by atoms with van der Waals surface area (Å²) in [7, 11) is 0. The van der Waals surface area contributed by atoms with Gasteiger partial charge in [0.15, 0.2) is 0 Å². The summed E-state index contributed by atoms with van der Waals surface area (Å²) in [5.74, 6) is 0.709. The Balaban J connectivity index is 0.00000151. The van der Waals surface area contributed by atoms with E-state index >= 15 is 0 Å². The van der Waals surface area contributed by atoms with Gasteiger partial charge in [0.1, 0.15) is 5.75 Å². The molecule has 3 heteroatoms. The van der Waals surface area contributed by atoms with Crippen LogP contribution in [0.25, 0.3) is 11.1 Å². The summed E-state index contributed by atoms with van der Waals surface area (Å²) in [6.07, 6.45) is 0.904. The Kier molecular flexibility index (Phi) is 8.48. The number of ether oxygens (including phenoxy) is 1. The summed E-state index contributed by atoms with van der Waals surface area (Å²) in [6.45, 7) is 14.6. The molecule has 2 aromatic carbocycles. The zero-order valence-corrected chi connectivity index (χ0v) is 15.8. The number of carbonyl (C=O) groups is 1. The molecule has 0 aliphatic carbocycles. The Morgan fingerprint density at radius 2 is 1.80 bits per heavy atom. The maximum atomic E-state index is 12.5. The number of nitrogens with one attached hydrogen (secondary N) is 1. The minimum absolute atomic E-state index is 0.0579. The molecule has 134 valence electrons. The molecular weight excluding hydrogens is 310 g/mol. The first-order chi connectivity index (χ1) is 12.1. The summed E-state index contributed by atoms with van der Waals surface area (Å²) in [6, 6.07) is 14.0. The Labute approximate surface area is 151 Å². The van der Waals surface area contributed by atoms with Crippen molar-refractivity contribution < 1.29 is 9.53 Å². The second-order valence-corrected chi connectivity index (χ2v) is 5.73. The van der Waals surface area contributed by atoms with Crippen molar-refractivity contribution >= 4 is 5.91 Å². The van der Waals surface area contributed by atoms with Gasteiger partial charge in [0.25, 0.3) is 5.91 Å². The van der Waals surface area contributed by atoms with Gasteiger partial charge >= 0.3 is 0 Å². The van der Waals surface area contributed by atoms with E-state index in [1.807, 2.05) is 51.1 Å². The quantitative estimate of drug-likeness (QED) is 0.716. The van der Waals surface area contributed by atoms with Crippen LogP contribution in [0.3, 0.4) is 0 Å². The number of hydrogen-bond acceptors (Lipinski definition) is 2. The van der Waals surface area contributed by atoms with Crippen LogP contribution in [0.4, 0.5) is 0 Å². The monoisotopic (exact) mass is 339 g/mol. The van der Waals surface area contributed by atoms with Gasteiger partial charge in [-0.25, -0.2) is 0 Å². The van der Waals surface area contributed by atoms with E-state index in [1.165, 1.54) is 0 Å². The third kappa shape index (κ3) is 5.49. The minimum atomic E-state index is -0.0579. The molecule has 1 unspecified atom stereocenters. The van der Waals surface area contributed by atoms with E-state index < -0.39 is 0 Å². The summed E-state index contributed by atoms with van der Waals surface area (Å²) in [5, 5.41) is 3.02. The highest BCUT2D eigenvalue weighted by Gasteiger charge is 2.15. The molecule has 0 bridgehead atoms. The zero-order valence-electron chi connectivity index (χ0n) is 15.8. The first-order valence-electron chi connectivity index (χ1n) is 8.70. The number of benzene rings is 2. The van der Waals surface area contributed by atoms with E-state index in [0.29, 0.717) is 12.2 Å². The zero-order chi connectivity index (χ0) is 18.8. The Bertz CT molecular complexity index is 680. The normalized spacial score (nSPS) is 11.0. The van der Waals surface area contributed by atoms with Crippen LogP contribution in [0.15, 0.2) is 55.6 Å². The second kappa shape index (κ2) is 10.3. The third-order valence-corrected chi connectivity index (χ3v) is 4.00. The van der Waals surface area contributed by atoms with Crippen molar-refractivity contribution in [1.82, 2.24) is 5.32 Å². The summed E-state index contributed by atoms with van der Waals surface area (Å²) in [5.41, 5.74) is 3.81. The van der Waals surface area contributed by atoms with Crippen LogP contribution in [-0.4, -0.2) is 18.6 Å². The number of carbonyl (C=O) groups excluding carboxylic acids is 1. The van der Waals surface area contributed by atoms with E-state index in [0.717, 1.165) is 28.9 Å². The van der Waals surface area contributed by atoms with Gasteiger partial charge in [0.2, 0.25) is 0 Å². The largest absolute Gasteiger partial charge is 0.494 e. The fraction of sp³-hybridized carbons (Fsp3) is 0.318. The van der Waals surface area contributed by atoms with Gasteiger partial charge in [-0.05, 0) is 56.0 Å². The van der Waals surface area contributed by atoms with Crippen LogP contribution in [0.5, 0.6) is 5.75 Å². The molecule has 0 spiro atoms. The molecular formula is C22H29NO2. The molecule has 25 heavy (non-hydrogen) atoms. The fourth-order valence-electron chi connectivity index (χ4n) is 2.45. The van der Waals surface area contributed by atoms with Crippen molar-refractivity contribution in [2.45, 2.75) is 40.2 Å². The topological polar surface area (TPSA) is 38.3 Å². The van der Waals surface area contributed by atoms with Crippen molar-refractivity contribution in [3.8, 4) is 16.9 Å². The van der Waals surface area contributed by atoms with E-state index in [1.54, 1.807) is 0 Å². The number of amides is 1. The molecule has 0 aliphatic heterocycles. The van der Waals surface area contributed by atoms with Crippen LogP contribution < -0.4 is 10.1 Å². The third-order valence-electron chi connectivity index (χ3n) is 4.00. The van der Waals surface area contributed by atoms with Gasteiger partial charge in [-0.15, -0.1) is 13.2 Å². The predicted molar refractivity (Wildman–Crippen MR) is 106 cm³/mol. The van der Waals surface area contributed by atoms with E-state index in [-0.39, 0.29) is 11.9 Å². The van der Waals surface area contributed by atoms with Gasteiger partial charge in [0.05, 0.1) is 6.61 Å². The van der Waals surface area contributed by atoms with Gasteiger partial charge < -0.3 is 10.1 Å².